The number of anilines is 1. The van der Waals surface area contributed by atoms with E-state index in [1.165, 1.54) is 13.0 Å². The van der Waals surface area contributed by atoms with Gasteiger partial charge in [-0.2, -0.15) is 0 Å². The van der Waals surface area contributed by atoms with Gasteiger partial charge >= 0.3 is 12.1 Å². The summed E-state index contributed by atoms with van der Waals surface area (Å²) in [5.74, 6) is -0.769. The monoisotopic (exact) mass is 455 g/mol. The number of esters is 1. The van der Waals surface area contributed by atoms with Crippen molar-refractivity contribution in [1.82, 2.24) is 10.6 Å². The van der Waals surface area contributed by atoms with Gasteiger partial charge in [0.25, 0.3) is 5.91 Å². The minimum absolute atomic E-state index is 0.0822. The van der Waals surface area contributed by atoms with Crippen molar-refractivity contribution < 1.29 is 28.7 Å². The molecule has 0 saturated heterocycles. The zero-order valence-electron chi connectivity index (χ0n) is 19.2. The van der Waals surface area contributed by atoms with Crippen LogP contribution >= 0.6 is 0 Å². The second kappa shape index (κ2) is 11.7. The third kappa shape index (κ3) is 9.86. The quantitative estimate of drug-likeness (QED) is 0.414. The Labute approximate surface area is 192 Å². The summed E-state index contributed by atoms with van der Waals surface area (Å²) in [5.41, 5.74) is 1.11. The standard InChI is InChI=1S/C24H29N3O6/c1-16(28)32-20-10-6-8-18(14-20)22(30)26-15-17-7-5-9-19(13-17)27-21(29)11-12-25-23(31)33-24(2,3)4/h5-10,13-14H,11-12,15H2,1-4H3,(H,25,31)(H,26,30)(H,27,29). The van der Waals surface area contributed by atoms with Crippen molar-refractivity contribution in [2.45, 2.75) is 46.3 Å². The van der Waals surface area contributed by atoms with Crippen LogP contribution in [0.15, 0.2) is 48.5 Å². The van der Waals surface area contributed by atoms with Crippen LogP contribution in [0.2, 0.25) is 0 Å². The van der Waals surface area contributed by atoms with Crippen molar-refractivity contribution >= 4 is 29.6 Å². The number of rotatable bonds is 8. The molecule has 0 aliphatic carbocycles. The molecule has 0 bridgehead atoms. The summed E-state index contributed by atoms with van der Waals surface area (Å²) < 4.78 is 10.1. The van der Waals surface area contributed by atoms with E-state index in [-0.39, 0.29) is 31.3 Å². The Morgan fingerprint density at radius 3 is 2.36 bits per heavy atom. The zero-order valence-corrected chi connectivity index (χ0v) is 19.2. The van der Waals surface area contributed by atoms with Crippen LogP contribution in [0.3, 0.4) is 0 Å². The van der Waals surface area contributed by atoms with E-state index in [0.29, 0.717) is 17.0 Å². The molecule has 0 atom stereocenters. The molecule has 3 amide bonds. The summed E-state index contributed by atoms with van der Waals surface area (Å²) in [7, 11) is 0. The average Bonchev–Trinajstić information content (AvgIpc) is 2.70. The summed E-state index contributed by atoms with van der Waals surface area (Å²) in [5, 5.41) is 8.08. The molecule has 2 aromatic carbocycles. The van der Waals surface area contributed by atoms with E-state index in [1.807, 2.05) is 6.07 Å². The minimum Gasteiger partial charge on any atom is -0.444 e. The summed E-state index contributed by atoms with van der Waals surface area (Å²) >= 11 is 0. The molecule has 0 radical (unpaired) electrons. The van der Waals surface area contributed by atoms with Gasteiger partial charge in [0.05, 0.1) is 0 Å². The van der Waals surface area contributed by atoms with Crippen LogP contribution in [-0.4, -0.2) is 36.0 Å². The fourth-order valence-corrected chi connectivity index (χ4v) is 2.73. The number of hydrogen-bond donors (Lipinski definition) is 3. The van der Waals surface area contributed by atoms with Gasteiger partial charge in [0.15, 0.2) is 0 Å². The van der Waals surface area contributed by atoms with Crippen molar-refractivity contribution in [2.24, 2.45) is 0 Å². The zero-order chi connectivity index (χ0) is 24.4. The predicted octanol–water partition coefficient (Wildman–Crippen LogP) is 3.40. The highest BCUT2D eigenvalue weighted by Crippen LogP contribution is 2.15. The first kappa shape index (κ1) is 25.4. The highest BCUT2D eigenvalue weighted by Gasteiger charge is 2.16. The number of carbonyl (C=O) groups is 4. The minimum atomic E-state index is -0.604. The van der Waals surface area contributed by atoms with Crippen LogP contribution in [0.1, 0.15) is 50.0 Å². The molecule has 3 N–H and O–H groups in total. The lowest BCUT2D eigenvalue weighted by molar-refractivity contribution is -0.131. The third-order valence-electron chi connectivity index (χ3n) is 4.04. The fraction of sp³-hybridized carbons (Fsp3) is 0.333. The second-order valence-corrected chi connectivity index (χ2v) is 8.23. The first-order chi connectivity index (χ1) is 15.5. The molecule has 0 heterocycles. The second-order valence-electron chi connectivity index (χ2n) is 8.23. The molecule has 2 rings (SSSR count). The predicted molar refractivity (Wildman–Crippen MR) is 123 cm³/mol. The first-order valence-electron chi connectivity index (χ1n) is 10.4. The van der Waals surface area contributed by atoms with Crippen molar-refractivity contribution in [3.05, 3.63) is 59.7 Å². The molecular formula is C24H29N3O6. The number of carbonyl (C=O) groups excluding carboxylic acids is 4. The molecule has 9 heteroatoms. The number of benzene rings is 2. The lowest BCUT2D eigenvalue weighted by atomic mass is 10.1. The number of hydrogen-bond acceptors (Lipinski definition) is 6. The molecular weight excluding hydrogens is 426 g/mol. The molecule has 0 saturated carbocycles. The number of amides is 3. The highest BCUT2D eigenvalue weighted by atomic mass is 16.6. The van der Waals surface area contributed by atoms with Gasteiger partial charge in [-0.3, -0.25) is 14.4 Å². The molecule has 0 aromatic heterocycles. The van der Waals surface area contributed by atoms with Crippen LogP contribution in [-0.2, 0) is 20.9 Å². The maximum atomic E-state index is 12.4. The molecule has 0 unspecified atom stereocenters. The van der Waals surface area contributed by atoms with Crippen LogP contribution in [0.5, 0.6) is 5.75 Å². The SMILES string of the molecule is CC(=O)Oc1cccc(C(=O)NCc2cccc(NC(=O)CCNC(=O)OC(C)(C)C)c2)c1. The summed E-state index contributed by atoms with van der Waals surface area (Å²) in [6.07, 6.45) is -0.495. The smallest absolute Gasteiger partial charge is 0.407 e. The molecule has 33 heavy (non-hydrogen) atoms. The van der Waals surface area contributed by atoms with Crippen molar-refractivity contribution in [3.63, 3.8) is 0 Å². The number of alkyl carbamates (subject to hydrolysis) is 1. The van der Waals surface area contributed by atoms with Gasteiger partial charge in [-0.05, 0) is 56.7 Å². The third-order valence-corrected chi connectivity index (χ3v) is 4.04. The molecule has 0 aliphatic heterocycles. The molecule has 0 aliphatic rings. The van der Waals surface area contributed by atoms with E-state index >= 15 is 0 Å². The van der Waals surface area contributed by atoms with Gasteiger partial charge in [0.1, 0.15) is 11.4 Å². The Morgan fingerprint density at radius 1 is 0.939 bits per heavy atom. The van der Waals surface area contributed by atoms with Gasteiger partial charge in [-0.15, -0.1) is 0 Å². The molecule has 9 nitrogen and oxygen atoms in total. The Balaban J connectivity index is 1.83. The maximum Gasteiger partial charge on any atom is 0.407 e. The maximum absolute atomic E-state index is 12.4. The lowest BCUT2D eigenvalue weighted by Gasteiger charge is -2.19. The molecule has 2 aromatic rings. The van der Waals surface area contributed by atoms with E-state index in [4.69, 9.17) is 9.47 Å². The van der Waals surface area contributed by atoms with Crippen molar-refractivity contribution in [1.29, 1.82) is 0 Å². The molecule has 176 valence electrons. The highest BCUT2D eigenvalue weighted by molar-refractivity contribution is 5.94. The van der Waals surface area contributed by atoms with Gasteiger partial charge in [0, 0.05) is 37.7 Å². The van der Waals surface area contributed by atoms with Crippen LogP contribution in [0.4, 0.5) is 10.5 Å². The van der Waals surface area contributed by atoms with Crippen LogP contribution in [0, 0.1) is 0 Å². The molecule has 0 spiro atoms. The number of nitrogens with one attached hydrogen (secondary N) is 3. The van der Waals surface area contributed by atoms with Gasteiger partial charge < -0.3 is 25.4 Å². The van der Waals surface area contributed by atoms with Gasteiger partial charge in [-0.1, -0.05) is 18.2 Å². The van der Waals surface area contributed by atoms with E-state index in [1.54, 1.807) is 57.2 Å². The van der Waals surface area contributed by atoms with Gasteiger partial charge in [0.2, 0.25) is 5.91 Å². The Bertz CT molecular complexity index is 1010. The van der Waals surface area contributed by atoms with E-state index in [2.05, 4.69) is 16.0 Å². The van der Waals surface area contributed by atoms with Gasteiger partial charge in [-0.25, -0.2) is 4.79 Å². The summed E-state index contributed by atoms with van der Waals surface area (Å²) in [6.45, 7) is 6.94. The van der Waals surface area contributed by atoms with E-state index in [0.717, 1.165) is 5.56 Å². The van der Waals surface area contributed by atoms with E-state index < -0.39 is 17.7 Å². The van der Waals surface area contributed by atoms with Crippen molar-refractivity contribution in [3.8, 4) is 5.75 Å². The topological polar surface area (TPSA) is 123 Å². The fourth-order valence-electron chi connectivity index (χ4n) is 2.73. The van der Waals surface area contributed by atoms with Crippen molar-refractivity contribution in [2.75, 3.05) is 11.9 Å². The normalized spacial score (nSPS) is 10.7. The van der Waals surface area contributed by atoms with E-state index in [9.17, 15) is 19.2 Å². The Morgan fingerprint density at radius 2 is 1.67 bits per heavy atom. The molecule has 0 fully saturated rings. The largest absolute Gasteiger partial charge is 0.444 e. The Kier molecular flexibility index (Phi) is 8.97. The van der Waals surface area contributed by atoms with Crippen LogP contribution in [0.25, 0.3) is 0 Å². The summed E-state index contributed by atoms with van der Waals surface area (Å²) in [4.78, 5) is 47.2. The number of ether oxygens (including phenoxy) is 2. The first-order valence-corrected chi connectivity index (χ1v) is 10.4. The van der Waals surface area contributed by atoms with Crippen LogP contribution < -0.4 is 20.7 Å². The lowest BCUT2D eigenvalue weighted by Crippen LogP contribution is -2.34. The Hall–Kier alpha value is -3.88. The summed E-state index contributed by atoms with van der Waals surface area (Å²) in [6, 6.07) is 13.4. The average molecular weight is 456 g/mol.